The van der Waals surface area contributed by atoms with Crippen molar-refractivity contribution in [3.63, 3.8) is 0 Å². The second-order valence-corrected chi connectivity index (χ2v) is 4.00. The van der Waals surface area contributed by atoms with E-state index in [0.29, 0.717) is 12.2 Å². The molecule has 0 aliphatic heterocycles. The van der Waals surface area contributed by atoms with Crippen molar-refractivity contribution in [2.75, 3.05) is 11.5 Å². The maximum Gasteiger partial charge on any atom is 0.225 e. The fraction of sp³-hybridized carbons (Fsp3) is 0.0833. The molecule has 0 atom stereocenters. The number of nitrogens with two attached hydrogens (primary N) is 2. The number of hydrogen-bond acceptors (Lipinski definition) is 5. The van der Waals surface area contributed by atoms with Crippen LogP contribution in [0.25, 0.3) is 10.9 Å². The van der Waals surface area contributed by atoms with Crippen LogP contribution in [0.15, 0.2) is 30.5 Å². The average Bonchev–Trinajstić information content (AvgIpc) is 2.72. The van der Waals surface area contributed by atoms with Crippen LogP contribution in [0, 0.1) is 0 Å². The minimum atomic E-state index is 0.150. The molecule has 6 heteroatoms. The zero-order chi connectivity index (χ0) is 12.5. The Kier molecular flexibility index (Phi) is 2.33. The molecule has 2 aromatic heterocycles. The van der Waals surface area contributed by atoms with Crippen LogP contribution in [0.1, 0.15) is 11.4 Å². The summed E-state index contributed by atoms with van der Waals surface area (Å²) in [6, 6.07) is 8.06. The van der Waals surface area contributed by atoms with E-state index in [4.69, 9.17) is 11.5 Å². The van der Waals surface area contributed by atoms with Gasteiger partial charge in [-0.1, -0.05) is 18.2 Å². The molecule has 0 radical (unpaired) electrons. The van der Waals surface area contributed by atoms with Crippen LogP contribution < -0.4 is 11.5 Å². The predicted molar refractivity (Wildman–Crippen MR) is 69.8 cm³/mol. The van der Waals surface area contributed by atoms with E-state index in [1.54, 1.807) is 0 Å². The van der Waals surface area contributed by atoms with Crippen molar-refractivity contribution in [1.29, 1.82) is 0 Å². The third-order valence-electron chi connectivity index (χ3n) is 2.74. The summed E-state index contributed by atoms with van der Waals surface area (Å²) in [5.41, 5.74) is 13.3. The number of benzene rings is 1. The zero-order valence-corrected chi connectivity index (χ0v) is 9.59. The van der Waals surface area contributed by atoms with Gasteiger partial charge in [0, 0.05) is 23.5 Å². The largest absolute Gasteiger partial charge is 0.368 e. The number of hydrogen-bond donors (Lipinski definition) is 3. The number of nitrogens with zero attached hydrogens (tertiary/aromatic N) is 3. The average molecular weight is 240 g/mol. The topological polar surface area (TPSA) is 106 Å². The van der Waals surface area contributed by atoms with Crippen LogP contribution in [-0.2, 0) is 6.42 Å². The van der Waals surface area contributed by atoms with E-state index in [-0.39, 0.29) is 11.9 Å². The molecule has 2 heterocycles. The maximum absolute atomic E-state index is 5.55. The molecular formula is C12H12N6. The highest BCUT2D eigenvalue weighted by Crippen LogP contribution is 2.19. The number of nitrogens with one attached hydrogen (secondary N) is 1. The molecule has 18 heavy (non-hydrogen) atoms. The van der Waals surface area contributed by atoms with Crippen LogP contribution in [0.4, 0.5) is 11.9 Å². The van der Waals surface area contributed by atoms with E-state index in [2.05, 4.69) is 26.0 Å². The Balaban J connectivity index is 2.01. The molecule has 0 aliphatic rings. The van der Waals surface area contributed by atoms with Gasteiger partial charge in [0.1, 0.15) is 5.82 Å². The number of nitrogen functional groups attached to an aromatic ring is 2. The molecule has 0 spiro atoms. The molecule has 0 saturated heterocycles. The highest BCUT2D eigenvalue weighted by molar-refractivity contribution is 5.83. The zero-order valence-electron chi connectivity index (χ0n) is 9.59. The second-order valence-electron chi connectivity index (χ2n) is 4.00. The van der Waals surface area contributed by atoms with Gasteiger partial charge in [0.15, 0.2) is 0 Å². The number of para-hydroxylation sites is 1. The van der Waals surface area contributed by atoms with Crippen molar-refractivity contribution in [2.24, 2.45) is 0 Å². The Morgan fingerprint density at radius 2 is 1.72 bits per heavy atom. The third-order valence-corrected chi connectivity index (χ3v) is 2.74. The lowest BCUT2D eigenvalue weighted by molar-refractivity contribution is 0.943. The number of rotatable bonds is 2. The summed E-state index contributed by atoms with van der Waals surface area (Å²) in [7, 11) is 0. The first-order valence-electron chi connectivity index (χ1n) is 5.53. The molecule has 0 unspecified atom stereocenters. The molecule has 0 bridgehead atoms. The monoisotopic (exact) mass is 240 g/mol. The lowest BCUT2D eigenvalue weighted by Crippen LogP contribution is -2.07. The molecule has 6 nitrogen and oxygen atoms in total. The summed E-state index contributed by atoms with van der Waals surface area (Å²) < 4.78 is 0. The van der Waals surface area contributed by atoms with Crippen molar-refractivity contribution in [2.45, 2.75) is 6.42 Å². The van der Waals surface area contributed by atoms with E-state index in [1.165, 1.54) is 0 Å². The molecule has 5 N–H and O–H groups in total. The molecule has 0 aliphatic carbocycles. The van der Waals surface area contributed by atoms with Gasteiger partial charge >= 0.3 is 0 Å². The first kappa shape index (κ1) is 10.5. The molecule has 0 saturated carbocycles. The number of aromatic nitrogens is 4. The van der Waals surface area contributed by atoms with Gasteiger partial charge in [-0.25, -0.2) is 0 Å². The van der Waals surface area contributed by atoms with Gasteiger partial charge in [-0.2, -0.15) is 15.0 Å². The van der Waals surface area contributed by atoms with E-state index in [9.17, 15) is 0 Å². The highest BCUT2D eigenvalue weighted by Gasteiger charge is 2.07. The number of anilines is 2. The second kappa shape index (κ2) is 3.99. The quantitative estimate of drug-likeness (QED) is 0.622. The predicted octanol–water partition coefficient (Wildman–Crippen LogP) is 1.11. The third kappa shape index (κ3) is 1.84. The first-order chi connectivity index (χ1) is 8.72. The van der Waals surface area contributed by atoms with Crippen molar-refractivity contribution in [3.8, 4) is 0 Å². The minimum absolute atomic E-state index is 0.150. The van der Waals surface area contributed by atoms with Crippen LogP contribution in [-0.4, -0.2) is 19.9 Å². The molecular weight excluding hydrogens is 228 g/mol. The molecule has 90 valence electrons. The summed E-state index contributed by atoms with van der Waals surface area (Å²) >= 11 is 0. The van der Waals surface area contributed by atoms with Crippen molar-refractivity contribution in [1.82, 2.24) is 19.9 Å². The lowest BCUT2D eigenvalue weighted by atomic mass is 10.1. The summed E-state index contributed by atoms with van der Waals surface area (Å²) in [5.74, 6) is 0.874. The van der Waals surface area contributed by atoms with Crippen molar-refractivity contribution >= 4 is 22.8 Å². The number of H-pyrrole nitrogens is 1. The summed E-state index contributed by atoms with van der Waals surface area (Å²) in [6.07, 6.45) is 2.52. The van der Waals surface area contributed by atoms with E-state index < -0.39 is 0 Å². The SMILES string of the molecule is Nc1nc(N)nc(Cc2c[nH]c3ccccc23)n1. The van der Waals surface area contributed by atoms with Crippen molar-refractivity contribution in [3.05, 3.63) is 41.9 Å². The Morgan fingerprint density at radius 1 is 1.00 bits per heavy atom. The van der Waals surface area contributed by atoms with Gasteiger partial charge in [-0.3, -0.25) is 0 Å². The summed E-state index contributed by atoms with van der Waals surface area (Å²) in [6.45, 7) is 0. The van der Waals surface area contributed by atoms with Crippen LogP contribution in [0.2, 0.25) is 0 Å². The summed E-state index contributed by atoms with van der Waals surface area (Å²) in [4.78, 5) is 15.1. The Bertz CT molecular complexity index is 682. The first-order valence-corrected chi connectivity index (χ1v) is 5.53. The van der Waals surface area contributed by atoms with Gasteiger partial charge in [0.2, 0.25) is 11.9 Å². The Labute approximate surface area is 103 Å². The number of aromatic amines is 1. The van der Waals surface area contributed by atoms with Gasteiger partial charge in [-0.05, 0) is 11.6 Å². The van der Waals surface area contributed by atoms with Crippen LogP contribution >= 0.6 is 0 Å². The molecule has 3 rings (SSSR count). The molecule has 3 aromatic rings. The molecule has 1 aromatic carbocycles. The highest BCUT2D eigenvalue weighted by atomic mass is 15.1. The standard InChI is InChI=1S/C12H12N6/c13-11-16-10(17-12(14)18-11)5-7-6-15-9-4-2-1-3-8(7)9/h1-4,6,15H,5H2,(H4,13,14,16,17,18). The van der Waals surface area contributed by atoms with E-state index in [1.807, 2.05) is 24.4 Å². The minimum Gasteiger partial charge on any atom is -0.368 e. The lowest BCUT2D eigenvalue weighted by Gasteiger charge is -2.01. The maximum atomic E-state index is 5.55. The Hall–Kier alpha value is -2.63. The summed E-state index contributed by atoms with van der Waals surface area (Å²) in [5, 5.41) is 1.15. The van der Waals surface area contributed by atoms with Crippen molar-refractivity contribution < 1.29 is 0 Å². The fourth-order valence-electron chi connectivity index (χ4n) is 1.98. The van der Waals surface area contributed by atoms with E-state index in [0.717, 1.165) is 16.5 Å². The van der Waals surface area contributed by atoms with Crippen LogP contribution in [0.5, 0.6) is 0 Å². The van der Waals surface area contributed by atoms with E-state index >= 15 is 0 Å². The smallest absolute Gasteiger partial charge is 0.225 e. The normalized spacial score (nSPS) is 10.9. The molecule has 0 amide bonds. The van der Waals surface area contributed by atoms with Gasteiger partial charge in [-0.15, -0.1) is 0 Å². The number of fused-ring (bicyclic) bond motifs is 1. The van der Waals surface area contributed by atoms with Gasteiger partial charge < -0.3 is 16.5 Å². The fourth-order valence-corrected chi connectivity index (χ4v) is 1.98. The van der Waals surface area contributed by atoms with Gasteiger partial charge in [0.25, 0.3) is 0 Å². The molecule has 0 fully saturated rings. The van der Waals surface area contributed by atoms with Gasteiger partial charge in [0.05, 0.1) is 0 Å². The Morgan fingerprint density at radius 3 is 2.50 bits per heavy atom. The van der Waals surface area contributed by atoms with Crippen LogP contribution in [0.3, 0.4) is 0 Å².